The van der Waals surface area contributed by atoms with Crippen LogP contribution >= 0.6 is 0 Å². The first-order valence-corrected chi connectivity index (χ1v) is 12.0. The molecule has 0 spiro atoms. The van der Waals surface area contributed by atoms with Gasteiger partial charge in [0.15, 0.2) is 0 Å². The lowest BCUT2D eigenvalue weighted by Gasteiger charge is -2.58. The highest BCUT2D eigenvalue weighted by Crippen LogP contribution is 2.43. The molecule has 176 valence electrons. The van der Waals surface area contributed by atoms with Crippen LogP contribution in [0.2, 0.25) is 0 Å². The van der Waals surface area contributed by atoms with Gasteiger partial charge in [-0.2, -0.15) is 4.90 Å². The Hall–Kier alpha value is 0.0738. The number of hydrogen-bond donors (Lipinski definition) is 0. The molecule has 0 saturated heterocycles. The van der Waals surface area contributed by atoms with Crippen LogP contribution in [0.15, 0.2) is 0 Å². The van der Waals surface area contributed by atoms with E-state index in [9.17, 15) is 0 Å². The molecule has 0 saturated carbocycles. The number of nitrogens with zero attached hydrogens (tertiary/aromatic N) is 1. The first-order valence-electron chi connectivity index (χ1n) is 10.0. The molecular weight excluding hydrogens is 414 g/mol. The molecule has 0 radical (unpaired) electrons. The van der Waals surface area contributed by atoms with Crippen LogP contribution in [0.25, 0.3) is 0 Å². The molecule has 0 fully saturated rings. The molecule has 0 aliphatic heterocycles. The topological polar surface area (TPSA) is 77.1 Å². The molecule has 11 heteroatoms. The molecule has 0 aromatic carbocycles. The second-order valence-electron chi connectivity index (χ2n) is 6.72. The van der Waals surface area contributed by atoms with Gasteiger partial charge < -0.3 is 37.9 Å². The minimum Gasteiger partial charge on any atom is -0.352 e. The smallest absolute Gasteiger partial charge is 0.285 e. The van der Waals surface area contributed by atoms with E-state index >= 15 is 0 Å². The SMILES string of the molecule is CCCOC([SiH3])(OC)C(OC)(OC)N(CC)C(OC)(OC)C([SiH3])(OC)OCCC. The van der Waals surface area contributed by atoms with Crippen LogP contribution in [-0.2, 0) is 37.9 Å². The first-order chi connectivity index (χ1) is 13.7. The summed E-state index contributed by atoms with van der Waals surface area (Å²) in [6.45, 7) is 7.33. The first kappa shape index (κ1) is 29.1. The van der Waals surface area contributed by atoms with Crippen molar-refractivity contribution in [2.24, 2.45) is 0 Å². The van der Waals surface area contributed by atoms with Gasteiger partial charge in [0.1, 0.15) is 0 Å². The Labute approximate surface area is 182 Å². The van der Waals surface area contributed by atoms with Crippen molar-refractivity contribution in [1.82, 2.24) is 4.90 Å². The van der Waals surface area contributed by atoms with E-state index in [1.807, 2.05) is 20.8 Å². The number of likely N-dealkylation sites (N-methyl/N-ethyl adjacent to an activating group) is 1. The summed E-state index contributed by atoms with van der Waals surface area (Å²) in [4.78, 5) is 1.76. The summed E-state index contributed by atoms with van der Waals surface area (Å²) in [6.07, 6.45) is 1.62. The van der Waals surface area contributed by atoms with E-state index in [0.717, 1.165) is 12.8 Å². The maximum Gasteiger partial charge on any atom is 0.285 e. The zero-order valence-corrected chi connectivity index (χ0v) is 24.2. The monoisotopic (exact) mass is 457 g/mol. The van der Waals surface area contributed by atoms with Gasteiger partial charge in [-0.05, 0) is 12.8 Å². The van der Waals surface area contributed by atoms with Crippen molar-refractivity contribution in [3.05, 3.63) is 0 Å². The average Bonchev–Trinajstić information content (AvgIpc) is 2.76. The largest absolute Gasteiger partial charge is 0.352 e. The van der Waals surface area contributed by atoms with Crippen LogP contribution in [0, 0.1) is 0 Å². The second kappa shape index (κ2) is 12.8. The Balaban J connectivity index is 6.75. The Morgan fingerprint density at radius 3 is 1.07 bits per heavy atom. The standard InChI is InChI=1S/C18H43NO8Si2/c1-10-13-26-17(28,24-8)15(20-4,21-5)19(12-3)16(22-6,23-7)18(29,25-9)27-14-11-2/h10-14H2,1-9,28-29H3. The highest BCUT2D eigenvalue weighted by atomic mass is 28.2. The van der Waals surface area contributed by atoms with Crippen molar-refractivity contribution in [2.75, 3.05) is 62.4 Å². The van der Waals surface area contributed by atoms with Crippen LogP contribution in [-0.4, -0.2) is 110 Å². The van der Waals surface area contributed by atoms with Gasteiger partial charge in [-0.1, -0.05) is 20.8 Å². The van der Waals surface area contributed by atoms with E-state index in [4.69, 9.17) is 37.9 Å². The Morgan fingerprint density at radius 2 is 0.897 bits per heavy atom. The summed E-state index contributed by atoms with van der Waals surface area (Å²) < 4.78 is 47.9. The van der Waals surface area contributed by atoms with E-state index in [2.05, 4.69) is 0 Å². The molecule has 0 aliphatic carbocycles. The normalized spacial score (nSPS) is 17.6. The van der Waals surface area contributed by atoms with Gasteiger partial charge in [-0.15, -0.1) is 0 Å². The van der Waals surface area contributed by atoms with E-state index in [1.54, 1.807) is 19.1 Å². The van der Waals surface area contributed by atoms with Crippen LogP contribution in [0.5, 0.6) is 0 Å². The lowest BCUT2D eigenvalue weighted by molar-refractivity contribution is -0.501. The minimum atomic E-state index is -1.49. The van der Waals surface area contributed by atoms with Crippen molar-refractivity contribution in [1.29, 1.82) is 0 Å². The third kappa shape index (κ3) is 5.29. The van der Waals surface area contributed by atoms with Crippen molar-refractivity contribution in [3.63, 3.8) is 0 Å². The Bertz CT molecular complexity index is 416. The van der Waals surface area contributed by atoms with Gasteiger partial charge in [0.05, 0.1) is 20.5 Å². The molecule has 0 N–H and O–H groups in total. The fourth-order valence-electron chi connectivity index (χ4n) is 3.60. The average molecular weight is 458 g/mol. The molecule has 0 aliphatic rings. The van der Waals surface area contributed by atoms with Gasteiger partial charge in [0.2, 0.25) is 10.8 Å². The van der Waals surface area contributed by atoms with Gasteiger partial charge in [0, 0.05) is 62.4 Å². The summed E-state index contributed by atoms with van der Waals surface area (Å²) in [5.41, 5.74) is -2.38. The second-order valence-corrected chi connectivity index (χ2v) is 9.35. The fraction of sp³-hybridized carbons (Fsp3) is 1.00. The van der Waals surface area contributed by atoms with Crippen LogP contribution < -0.4 is 0 Å². The third-order valence-electron chi connectivity index (χ3n) is 5.22. The molecule has 2 unspecified atom stereocenters. The van der Waals surface area contributed by atoms with Gasteiger partial charge in [-0.3, -0.25) is 0 Å². The predicted octanol–water partition coefficient (Wildman–Crippen LogP) is -0.614. The van der Waals surface area contributed by atoms with Crippen LogP contribution in [0.3, 0.4) is 0 Å². The number of methoxy groups -OCH3 is 6. The molecule has 0 bridgehead atoms. The quantitative estimate of drug-likeness (QED) is 0.210. The molecule has 9 nitrogen and oxygen atoms in total. The van der Waals surface area contributed by atoms with Crippen molar-refractivity contribution in [3.8, 4) is 0 Å². The molecule has 0 aromatic heterocycles. The highest BCUT2D eigenvalue weighted by molar-refractivity contribution is 6.14. The zero-order valence-electron chi connectivity index (χ0n) is 20.2. The molecule has 0 amide bonds. The summed E-state index contributed by atoms with van der Waals surface area (Å²) in [7, 11) is 10.2. The molecule has 2 atom stereocenters. The lowest BCUT2D eigenvalue weighted by atomic mass is 10.2. The number of rotatable bonds is 17. The maximum atomic E-state index is 6.14. The lowest BCUT2D eigenvalue weighted by Crippen LogP contribution is -2.80. The van der Waals surface area contributed by atoms with E-state index in [0.29, 0.717) is 40.2 Å². The van der Waals surface area contributed by atoms with Crippen LogP contribution in [0.1, 0.15) is 33.6 Å². The minimum absolute atomic E-state index is 0.398. The summed E-state index contributed by atoms with van der Waals surface area (Å²) in [5.74, 6) is -2.98. The summed E-state index contributed by atoms with van der Waals surface area (Å²) >= 11 is 0. The van der Waals surface area contributed by atoms with Crippen molar-refractivity contribution < 1.29 is 37.9 Å². The van der Waals surface area contributed by atoms with Crippen LogP contribution in [0.4, 0.5) is 0 Å². The Morgan fingerprint density at radius 1 is 0.586 bits per heavy atom. The van der Waals surface area contributed by atoms with Crippen molar-refractivity contribution in [2.45, 2.75) is 56.3 Å². The third-order valence-corrected chi connectivity index (χ3v) is 7.88. The predicted molar refractivity (Wildman–Crippen MR) is 118 cm³/mol. The molecule has 0 aromatic rings. The Kier molecular flexibility index (Phi) is 12.8. The van der Waals surface area contributed by atoms with E-state index in [-0.39, 0.29) is 0 Å². The van der Waals surface area contributed by atoms with Crippen molar-refractivity contribution >= 4 is 20.5 Å². The van der Waals surface area contributed by atoms with Gasteiger partial charge in [-0.25, -0.2) is 0 Å². The fourth-order valence-corrected chi connectivity index (χ4v) is 5.37. The van der Waals surface area contributed by atoms with Gasteiger partial charge in [0.25, 0.3) is 11.8 Å². The summed E-state index contributed by atoms with van der Waals surface area (Å²) in [5, 5.41) is 0. The van der Waals surface area contributed by atoms with E-state index < -0.39 is 22.6 Å². The van der Waals surface area contributed by atoms with E-state index in [1.165, 1.54) is 28.4 Å². The van der Waals surface area contributed by atoms with Gasteiger partial charge >= 0.3 is 0 Å². The maximum absolute atomic E-state index is 6.14. The molecular formula is C18H43NO8Si2. The highest BCUT2D eigenvalue weighted by Gasteiger charge is 2.67. The molecule has 0 rings (SSSR count). The summed E-state index contributed by atoms with van der Waals surface area (Å²) in [6, 6.07) is 0. The number of ether oxygens (including phenoxy) is 8. The molecule has 29 heavy (non-hydrogen) atoms. The molecule has 0 heterocycles. The number of hydrogen-bond acceptors (Lipinski definition) is 9. The zero-order chi connectivity index (χ0) is 22.8.